The van der Waals surface area contributed by atoms with Crippen LogP contribution in [0.25, 0.3) is 0 Å². The van der Waals surface area contributed by atoms with Gasteiger partial charge < -0.3 is 10.4 Å². The van der Waals surface area contributed by atoms with E-state index in [1.807, 2.05) is 17.2 Å². The summed E-state index contributed by atoms with van der Waals surface area (Å²) >= 11 is 1.39. The minimum absolute atomic E-state index is 0. The molecule has 1 aliphatic carbocycles. The number of rotatable bonds is 4. The lowest BCUT2D eigenvalue weighted by Crippen LogP contribution is -2.46. The van der Waals surface area contributed by atoms with Crippen LogP contribution >= 0.6 is 23.7 Å². The zero-order valence-corrected chi connectivity index (χ0v) is 14.7. The molecular formula is C15H22ClN3O3S. The summed E-state index contributed by atoms with van der Waals surface area (Å²) in [4.78, 5) is 29.9. The van der Waals surface area contributed by atoms with Gasteiger partial charge in [0.05, 0.1) is 12.2 Å². The highest BCUT2D eigenvalue weighted by Crippen LogP contribution is 2.39. The molecule has 0 bridgehead atoms. The van der Waals surface area contributed by atoms with Crippen LogP contribution in [-0.4, -0.2) is 45.5 Å². The summed E-state index contributed by atoms with van der Waals surface area (Å²) in [6.07, 6.45) is 5.04. The Kier molecular flexibility index (Phi) is 6.00. The smallest absolute Gasteiger partial charge is 0.320 e. The van der Waals surface area contributed by atoms with Crippen LogP contribution in [0.3, 0.4) is 0 Å². The number of halogens is 1. The molecule has 0 spiro atoms. The molecule has 1 saturated carbocycles. The van der Waals surface area contributed by atoms with Crippen molar-refractivity contribution in [2.75, 3.05) is 11.9 Å². The average Bonchev–Trinajstić information content (AvgIpc) is 3.03. The van der Waals surface area contributed by atoms with Gasteiger partial charge in [0.2, 0.25) is 5.91 Å². The number of carbonyl (C=O) groups is 2. The maximum absolute atomic E-state index is 12.2. The molecule has 3 unspecified atom stereocenters. The highest BCUT2D eigenvalue weighted by Gasteiger charge is 2.45. The number of hydrogen-bond donors (Lipinski definition) is 2. The van der Waals surface area contributed by atoms with Crippen molar-refractivity contribution in [2.24, 2.45) is 5.92 Å². The minimum Gasteiger partial charge on any atom is -0.480 e. The maximum Gasteiger partial charge on any atom is 0.320 e. The quantitative estimate of drug-likeness (QED) is 0.863. The van der Waals surface area contributed by atoms with Gasteiger partial charge in [-0.1, -0.05) is 12.8 Å². The third kappa shape index (κ3) is 4.02. The van der Waals surface area contributed by atoms with Gasteiger partial charge in [0.15, 0.2) is 5.13 Å². The van der Waals surface area contributed by atoms with Crippen molar-refractivity contribution in [1.29, 1.82) is 0 Å². The summed E-state index contributed by atoms with van der Waals surface area (Å²) < 4.78 is 0. The normalized spacial score (nSPS) is 27.1. The zero-order chi connectivity index (χ0) is 15.7. The molecule has 3 atom stereocenters. The molecule has 3 rings (SSSR count). The second kappa shape index (κ2) is 7.59. The van der Waals surface area contributed by atoms with E-state index in [4.69, 9.17) is 0 Å². The second-order valence-corrected chi connectivity index (χ2v) is 7.07. The van der Waals surface area contributed by atoms with E-state index in [2.05, 4.69) is 10.3 Å². The van der Waals surface area contributed by atoms with E-state index < -0.39 is 12.0 Å². The van der Waals surface area contributed by atoms with Crippen molar-refractivity contribution in [2.45, 2.75) is 51.1 Å². The molecule has 1 aromatic heterocycles. The van der Waals surface area contributed by atoms with Crippen LogP contribution in [0, 0.1) is 12.8 Å². The van der Waals surface area contributed by atoms with E-state index in [9.17, 15) is 14.7 Å². The van der Waals surface area contributed by atoms with Gasteiger partial charge in [-0.3, -0.25) is 14.5 Å². The fraction of sp³-hybridized carbons (Fsp3) is 0.667. The van der Waals surface area contributed by atoms with Gasteiger partial charge in [-0.15, -0.1) is 23.7 Å². The molecule has 6 nitrogen and oxygen atoms in total. The van der Waals surface area contributed by atoms with E-state index in [-0.39, 0.29) is 30.9 Å². The third-order valence-electron chi connectivity index (χ3n) is 4.70. The first kappa shape index (κ1) is 18.2. The highest BCUT2D eigenvalue weighted by atomic mass is 35.5. The van der Waals surface area contributed by atoms with Gasteiger partial charge in [0.25, 0.3) is 0 Å². The number of aryl methyl sites for hydroxylation is 1. The molecule has 0 aromatic carbocycles. The predicted octanol–water partition coefficient (Wildman–Crippen LogP) is 2.53. The fourth-order valence-electron chi connectivity index (χ4n) is 3.76. The van der Waals surface area contributed by atoms with E-state index in [0.717, 1.165) is 25.0 Å². The minimum atomic E-state index is -0.813. The van der Waals surface area contributed by atoms with Crippen molar-refractivity contribution in [3.8, 4) is 0 Å². The summed E-state index contributed by atoms with van der Waals surface area (Å²) in [5.41, 5.74) is 0.872. The molecule has 2 N–H and O–H groups in total. The Morgan fingerprint density at radius 1 is 1.43 bits per heavy atom. The van der Waals surface area contributed by atoms with Gasteiger partial charge in [-0.05, 0) is 32.1 Å². The molecule has 1 aromatic rings. The van der Waals surface area contributed by atoms with E-state index >= 15 is 0 Å². The first-order chi connectivity index (χ1) is 10.5. The molecule has 2 aliphatic rings. The first-order valence-corrected chi connectivity index (χ1v) is 8.63. The zero-order valence-electron chi connectivity index (χ0n) is 13.0. The monoisotopic (exact) mass is 359 g/mol. The Bertz CT molecular complexity index is 580. The molecule has 1 aliphatic heterocycles. The second-order valence-electron chi connectivity index (χ2n) is 6.22. The van der Waals surface area contributed by atoms with Crippen LogP contribution in [0.5, 0.6) is 0 Å². The van der Waals surface area contributed by atoms with Gasteiger partial charge in [-0.25, -0.2) is 4.98 Å². The predicted molar refractivity (Wildman–Crippen MR) is 91.2 cm³/mol. The number of anilines is 1. The number of aromatic nitrogens is 1. The molecule has 23 heavy (non-hydrogen) atoms. The number of thiazole rings is 1. The number of aliphatic carboxylic acids is 1. The summed E-state index contributed by atoms with van der Waals surface area (Å²) in [7, 11) is 0. The van der Waals surface area contributed by atoms with Crippen molar-refractivity contribution in [1.82, 2.24) is 9.88 Å². The van der Waals surface area contributed by atoms with Crippen LogP contribution in [0.4, 0.5) is 5.13 Å². The van der Waals surface area contributed by atoms with Gasteiger partial charge in [0.1, 0.15) is 6.04 Å². The van der Waals surface area contributed by atoms with Crippen molar-refractivity contribution < 1.29 is 14.7 Å². The van der Waals surface area contributed by atoms with Gasteiger partial charge in [0, 0.05) is 11.4 Å². The summed E-state index contributed by atoms with van der Waals surface area (Å²) in [5.74, 6) is -0.566. The molecule has 128 valence electrons. The lowest BCUT2D eigenvalue weighted by atomic mass is 9.85. The standard InChI is InChI=1S/C15H21N3O3S.ClH/c1-9-8-22-15(16-9)17-13(19)7-18-11-5-3-2-4-10(11)6-12(18)14(20)21;/h8,10-12H,2-7H2,1H3,(H,20,21)(H,16,17,19);1H. The Labute approximate surface area is 145 Å². The number of fused-ring (bicyclic) bond motifs is 1. The third-order valence-corrected chi connectivity index (χ3v) is 5.57. The topological polar surface area (TPSA) is 82.5 Å². The number of hydrogen-bond acceptors (Lipinski definition) is 5. The van der Waals surface area contributed by atoms with Crippen molar-refractivity contribution in [3.05, 3.63) is 11.1 Å². The fourth-order valence-corrected chi connectivity index (χ4v) is 4.46. The van der Waals surface area contributed by atoms with E-state index in [0.29, 0.717) is 17.5 Å². The number of carboxylic acid groups (broad SMARTS) is 1. The number of likely N-dealkylation sites (tertiary alicyclic amines) is 1. The van der Waals surface area contributed by atoms with Crippen LogP contribution in [0.2, 0.25) is 0 Å². The lowest BCUT2D eigenvalue weighted by Gasteiger charge is -2.32. The number of nitrogens with zero attached hydrogens (tertiary/aromatic N) is 2. The number of carbonyl (C=O) groups excluding carboxylic acids is 1. The number of carboxylic acids is 1. The Hall–Kier alpha value is -1.18. The van der Waals surface area contributed by atoms with Crippen LogP contribution < -0.4 is 5.32 Å². The van der Waals surface area contributed by atoms with E-state index in [1.54, 1.807) is 0 Å². The Morgan fingerprint density at radius 2 is 2.17 bits per heavy atom. The average molecular weight is 360 g/mol. The van der Waals surface area contributed by atoms with Crippen LogP contribution in [0.1, 0.15) is 37.8 Å². The Balaban J connectivity index is 0.00000192. The molecule has 8 heteroatoms. The Morgan fingerprint density at radius 3 is 2.83 bits per heavy atom. The lowest BCUT2D eigenvalue weighted by molar-refractivity contribution is -0.143. The summed E-state index contributed by atoms with van der Waals surface area (Å²) in [6, 6.07) is -0.296. The first-order valence-electron chi connectivity index (χ1n) is 7.75. The number of amides is 1. The molecule has 1 saturated heterocycles. The van der Waals surface area contributed by atoms with Gasteiger partial charge >= 0.3 is 5.97 Å². The van der Waals surface area contributed by atoms with Crippen molar-refractivity contribution in [3.63, 3.8) is 0 Å². The van der Waals surface area contributed by atoms with Crippen molar-refractivity contribution >= 4 is 40.8 Å². The highest BCUT2D eigenvalue weighted by molar-refractivity contribution is 7.13. The molecule has 1 amide bonds. The molecule has 2 fully saturated rings. The molecular weight excluding hydrogens is 338 g/mol. The SMILES string of the molecule is Cc1csc(NC(=O)CN2C(C(=O)O)CC3CCCCC32)n1.Cl. The largest absolute Gasteiger partial charge is 0.480 e. The summed E-state index contributed by atoms with van der Waals surface area (Å²) in [6.45, 7) is 2.01. The van der Waals surface area contributed by atoms with Gasteiger partial charge in [-0.2, -0.15) is 0 Å². The molecule has 0 radical (unpaired) electrons. The summed E-state index contributed by atoms with van der Waals surface area (Å²) in [5, 5.41) is 14.7. The van der Waals surface area contributed by atoms with Crippen LogP contribution in [-0.2, 0) is 9.59 Å². The number of nitrogens with one attached hydrogen (secondary N) is 1. The van der Waals surface area contributed by atoms with Crippen LogP contribution in [0.15, 0.2) is 5.38 Å². The molecule has 2 heterocycles. The maximum atomic E-state index is 12.2. The van der Waals surface area contributed by atoms with E-state index in [1.165, 1.54) is 17.8 Å².